The van der Waals surface area contributed by atoms with Gasteiger partial charge in [0.25, 0.3) is 0 Å². The van der Waals surface area contributed by atoms with E-state index in [2.05, 4.69) is 13.5 Å². The van der Waals surface area contributed by atoms with Crippen LogP contribution in [0.4, 0.5) is 0 Å². The quantitative estimate of drug-likeness (QED) is 0.460. The van der Waals surface area contributed by atoms with Crippen LogP contribution in [0.2, 0.25) is 0 Å². The summed E-state index contributed by atoms with van der Waals surface area (Å²) >= 11 is 0. The maximum absolute atomic E-state index is 4.69. The first-order valence-electron chi connectivity index (χ1n) is 1.87. The molecule has 1 nitrogen and oxygen atoms in total. The van der Waals surface area contributed by atoms with E-state index in [9.17, 15) is 0 Å². The van der Waals surface area contributed by atoms with E-state index in [0.29, 0.717) is 0 Å². The number of hydrogen-bond donors (Lipinski definition) is 0. The van der Waals surface area contributed by atoms with Crippen molar-refractivity contribution in [3.05, 3.63) is 19.8 Å². The van der Waals surface area contributed by atoms with Crippen LogP contribution in [0.5, 0.6) is 0 Å². The summed E-state index contributed by atoms with van der Waals surface area (Å²) < 4.78 is 4.69. The van der Waals surface area contributed by atoms with Gasteiger partial charge in [-0.25, -0.2) is 0 Å². The van der Waals surface area contributed by atoms with E-state index in [1.807, 2.05) is 6.92 Å². The molecular weight excluding hydrogens is 76.1 g/mol. The highest BCUT2D eigenvalue weighted by Crippen LogP contribution is 1.83. The Morgan fingerprint density at radius 2 is 2.33 bits per heavy atom. The van der Waals surface area contributed by atoms with Crippen molar-refractivity contribution in [1.82, 2.24) is 0 Å². The first-order chi connectivity index (χ1) is 2.77. The minimum atomic E-state index is 0.0301. The Balaban J connectivity index is 2.81. The molecule has 0 aliphatic heterocycles. The molecule has 0 spiro atoms. The molecule has 0 fully saturated rings. The average Bonchev–Trinajstić information content (AvgIpc) is 1.35. The SMILES string of the molecule is [CH2]C(C)OC=C. The van der Waals surface area contributed by atoms with Crippen molar-refractivity contribution in [1.29, 1.82) is 0 Å². The Labute approximate surface area is 38.6 Å². The Morgan fingerprint density at radius 3 is 2.33 bits per heavy atom. The van der Waals surface area contributed by atoms with E-state index in [1.165, 1.54) is 6.26 Å². The van der Waals surface area contributed by atoms with Crippen molar-refractivity contribution in [2.45, 2.75) is 13.0 Å². The summed E-state index contributed by atoms with van der Waals surface area (Å²) in [5.74, 6) is 0. The second-order valence-electron chi connectivity index (χ2n) is 1.11. The third-order valence-corrected chi connectivity index (χ3v) is 0.329. The van der Waals surface area contributed by atoms with Crippen LogP contribution in [0.1, 0.15) is 6.92 Å². The summed E-state index contributed by atoms with van der Waals surface area (Å²) in [6.07, 6.45) is 1.42. The highest BCUT2D eigenvalue weighted by Gasteiger charge is 1.81. The van der Waals surface area contributed by atoms with Crippen LogP contribution >= 0.6 is 0 Å². The molecule has 0 bridgehead atoms. The molecule has 0 amide bonds. The summed E-state index contributed by atoms with van der Waals surface area (Å²) in [7, 11) is 0. The fraction of sp³-hybridized carbons (Fsp3) is 0.400. The minimum absolute atomic E-state index is 0.0301. The fourth-order valence-corrected chi connectivity index (χ4v) is 0.164. The van der Waals surface area contributed by atoms with Gasteiger partial charge in [-0.2, -0.15) is 0 Å². The van der Waals surface area contributed by atoms with E-state index >= 15 is 0 Å². The Bertz CT molecular complexity index is 39.2. The van der Waals surface area contributed by atoms with Crippen molar-refractivity contribution in [3.63, 3.8) is 0 Å². The van der Waals surface area contributed by atoms with Crippen molar-refractivity contribution in [2.75, 3.05) is 0 Å². The first-order valence-corrected chi connectivity index (χ1v) is 1.87. The summed E-state index contributed by atoms with van der Waals surface area (Å²) in [4.78, 5) is 0. The molecule has 0 aromatic rings. The zero-order valence-corrected chi connectivity index (χ0v) is 3.98. The van der Waals surface area contributed by atoms with Gasteiger partial charge >= 0.3 is 0 Å². The number of rotatable bonds is 2. The molecule has 0 aliphatic carbocycles. The van der Waals surface area contributed by atoms with E-state index in [-0.39, 0.29) is 6.10 Å². The molecule has 0 aromatic carbocycles. The van der Waals surface area contributed by atoms with Crippen LogP contribution in [-0.4, -0.2) is 6.10 Å². The maximum Gasteiger partial charge on any atom is 0.0951 e. The predicted octanol–water partition coefficient (Wildman–Crippen LogP) is 1.37. The highest BCUT2D eigenvalue weighted by atomic mass is 16.5. The second-order valence-corrected chi connectivity index (χ2v) is 1.11. The lowest BCUT2D eigenvalue weighted by atomic mass is 10.5. The average molecular weight is 85.1 g/mol. The summed E-state index contributed by atoms with van der Waals surface area (Å²) in [5.41, 5.74) is 0. The van der Waals surface area contributed by atoms with Gasteiger partial charge in [-0.3, -0.25) is 0 Å². The molecule has 1 heteroatoms. The molecule has 1 unspecified atom stereocenters. The summed E-state index contributed by atoms with van der Waals surface area (Å²) in [6, 6.07) is 0. The minimum Gasteiger partial charge on any atom is -0.499 e. The van der Waals surface area contributed by atoms with Crippen molar-refractivity contribution in [2.24, 2.45) is 0 Å². The van der Waals surface area contributed by atoms with Gasteiger partial charge in [0.1, 0.15) is 0 Å². The van der Waals surface area contributed by atoms with E-state index in [1.54, 1.807) is 0 Å². The number of ether oxygens (including phenoxy) is 1. The fourth-order valence-electron chi connectivity index (χ4n) is 0.164. The predicted molar refractivity (Wildman–Crippen MR) is 26.1 cm³/mol. The molecule has 0 aliphatic rings. The highest BCUT2D eigenvalue weighted by molar-refractivity contribution is 4.56. The van der Waals surface area contributed by atoms with E-state index in [0.717, 1.165) is 0 Å². The monoisotopic (exact) mass is 85.1 g/mol. The topological polar surface area (TPSA) is 9.23 Å². The number of hydrogen-bond acceptors (Lipinski definition) is 1. The molecule has 0 N–H and O–H groups in total. The zero-order chi connectivity index (χ0) is 4.99. The third kappa shape index (κ3) is 3.54. The Kier molecular flexibility index (Phi) is 2.55. The molecule has 1 atom stereocenters. The third-order valence-electron chi connectivity index (χ3n) is 0.329. The Hall–Kier alpha value is -0.460. The second kappa shape index (κ2) is 2.76. The molecule has 0 rings (SSSR count). The van der Waals surface area contributed by atoms with Gasteiger partial charge in [0.15, 0.2) is 0 Å². The van der Waals surface area contributed by atoms with Crippen LogP contribution < -0.4 is 0 Å². The summed E-state index contributed by atoms with van der Waals surface area (Å²) in [6.45, 7) is 8.72. The van der Waals surface area contributed by atoms with Gasteiger partial charge in [0.2, 0.25) is 0 Å². The standard InChI is InChI=1S/C5H9O/c1-4-6-5(2)3/h4-5H,1-2H2,3H3. The van der Waals surface area contributed by atoms with Crippen LogP contribution in [0.3, 0.4) is 0 Å². The molecular formula is C5H9O. The van der Waals surface area contributed by atoms with E-state index < -0.39 is 0 Å². The van der Waals surface area contributed by atoms with Gasteiger partial charge in [-0.15, -0.1) is 0 Å². The van der Waals surface area contributed by atoms with Gasteiger partial charge in [-0.1, -0.05) is 6.58 Å². The Morgan fingerprint density at radius 1 is 1.83 bits per heavy atom. The maximum atomic E-state index is 4.69. The van der Waals surface area contributed by atoms with Crippen LogP contribution in [0, 0.1) is 6.92 Å². The molecule has 1 radical (unpaired) electrons. The lowest BCUT2D eigenvalue weighted by molar-refractivity contribution is 0.203. The lowest BCUT2D eigenvalue weighted by Crippen LogP contribution is -1.93. The molecule has 0 aromatic heterocycles. The smallest absolute Gasteiger partial charge is 0.0951 e. The first kappa shape index (κ1) is 5.54. The molecule has 0 saturated carbocycles. The van der Waals surface area contributed by atoms with Crippen molar-refractivity contribution >= 4 is 0 Å². The molecule has 0 heterocycles. The normalized spacial score (nSPS) is 8.50. The summed E-state index contributed by atoms with van der Waals surface area (Å²) in [5, 5.41) is 0. The van der Waals surface area contributed by atoms with Crippen molar-refractivity contribution in [3.8, 4) is 0 Å². The van der Waals surface area contributed by atoms with Gasteiger partial charge in [0.05, 0.1) is 12.4 Å². The van der Waals surface area contributed by atoms with E-state index in [4.69, 9.17) is 4.74 Å². The molecule has 0 saturated heterocycles. The van der Waals surface area contributed by atoms with Crippen LogP contribution in [-0.2, 0) is 4.74 Å². The molecule has 35 valence electrons. The zero-order valence-electron chi connectivity index (χ0n) is 3.98. The van der Waals surface area contributed by atoms with Gasteiger partial charge in [-0.05, 0) is 13.8 Å². The van der Waals surface area contributed by atoms with Gasteiger partial charge < -0.3 is 4.74 Å². The largest absolute Gasteiger partial charge is 0.499 e. The van der Waals surface area contributed by atoms with Crippen LogP contribution in [0.25, 0.3) is 0 Å². The van der Waals surface area contributed by atoms with Gasteiger partial charge in [0, 0.05) is 0 Å². The van der Waals surface area contributed by atoms with Crippen LogP contribution in [0.15, 0.2) is 12.8 Å². The van der Waals surface area contributed by atoms with Crippen molar-refractivity contribution < 1.29 is 4.74 Å². The molecule has 6 heavy (non-hydrogen) atoms. The lowest BCUT2D eigenvalue weighted by Gasteiger charge is -1.99.